The van der Waals surface area contributed by atoms with E-state index in [0.717, 1.165) is 17.8 Å². The number of anilines is 1. The highest BCUT2D eigenvalue weighted by Crippen LogP contribution is 2.17. The van der Waals surface area contributed by atoms with E-state index in [1.54, 1.807) is 16.8 Å². The predicted molar refractivity (Wildman–Crippen MR) is 66.4 cm³/mol. The summed E-state index contributed by atoms with van der Waals surface area (Å²) in [5, 5.41) is 2.24. The Morgan fingerprint density at radius 1 is 1.16 bits per heavy atom. The molecule has 0 aliphatic carbocycles. The lowest BCUT2D eigenvalue weighted by Crippen LogP contribution is -2.42. The number of pyridine rings is 1. The molecule has 0 aliphatic heterocycles. The van der Waals surface area contributed by atoms with Crippen LogP contribution < -0.4 is 9.88 Å². The molecule has 2 rings (SSSR count). The van der Waals surface area contributed by atoms with E-state index in [1.165, 1.54) is 6.07 Å². The van der Waals surface area contributed by atoms with Crippen molar-refractivity contribution in [1.29, 1.82) is 0 Å². The molecule has 0 unspecified atom stereocenters. The zero-order valence-electron chi connectivity index (χ0n) is 10.4. The quantitative estimate of drug-likeness (QED) is 0.846. The molecule has 1 N–H and O–H groups in total. The molecule has 1 aromatic carbocycles. The molecule has 0 spiro atoms. The van der Waals surface area contributed by atoms with Gasteiger partial charge in [-0.25, -0.2) is 8.78 Å². The largest absolute Gasteiger partial charge is 0.316 e. The summed E-state index contributed by atoms with van der Waals surface area (Å²) in [5.74, 6) is -2.06. The highest BCUT2D eigenvalue weighted by atomic mass is 19.1. The van der Waals surface area contributed by atoms with Gasteiger partial charge in [0.05, 0.1) is 0 Å². The number of carbonyl (C=O) groups is 1. The molecular weight excluding hydrogens is 250 g/mol. The van der Waals surface area contributed by atoms with Crippen LogP contribution in [0.4, 0.5) is 14.5 Å². The van der Waals surface area contributed by atoms with E-state index in [9.17, 15) is 13.6 Å². The molecule has 0 fully saturated rings. The second kappa shape index (κ2) is 5.56. The Morgan fingerprint density at radius 2 is 1.84 bits per heavy atom. The lowest BCUT2D eigenvalue weighted by molar-refractivity contribution is -0.690. The number of rotatable bonds is 3. The Bertz CT molecular complexity index is 594. The molecule has 1 heterocycles. The number of para-hydroxylation sites is 1. The molecule has 0 atom stereocenters. The molecule has 3 nitrogen and oxygen atoms in total. The molecule has 0 saturated carbocycles. The van der Waals surface area contributed by atoms with Crippen LogP contribution in [0.5, 0.6) is 0 Å². The summed E-state index contributed by atoms with van der Waals surface area (Å²) in [6.07, 6.45) is 1.73. The topological polar surface area (TPSA) is 33.0 Å². The van der Waals surface area contributed by atoms with Crippen molar-refractivity contribution in [3.05, 3.63) is 59.9 Å². The van der Waals surface area contributed by atoms with E-state index in [1.807, 2.05) is 19.1 Å². The highest BCUT2D eigenvalue weighted by Gasteiger charge is 2.16. The van der Waals surface area contributed by atoms with Crippen molar-refractivity contribution in [3.63, 3.8) is 0 Å². The molecular formula is C14H13F2N2O+. The van der Waals surface area contributed by atoms with Gasteiger partial charge >= 0.3 is 0 Å². The first-order valence-electron chi connectivity index (χ1n) is 5.77. The molecule has 0 bridgehead atoms. The van der Waals surface area contributed by atoms with Gasteiger partial charge in [0.2, 0.25) is 6.54 Å². The smallest absolute Gasteiger partial charge is 0.290 e. The average molecular weight is 263 g/mol. The van der Waals surface area contributed by atoms with Crippen LogP contribution in [0.25, 0.3) is 0 Å². The fourth-order valence-electron chi connectivity index (χ4n) is 1.69. The normalized spacial score (nSPS) is 10.3. The Morgan fingerprint density at radius 3 is 2.47 bits per heavy atom. The third-order valence-electron chi connectivity index (χ3n) is 2.71. The van der Waals surface area contributed by atoms with Gasteiger partial charge in [-0.05, 0) is 12.1 Å². The van der Waals surface area contributed by atoms with Crippen molar-refractivity contribution in [2.45, 2.75) is 13.5 Å². The van der Waals surface area contributed by atoms with Crippen LogP contribution in [0.1, 0.15) is 5.69 Å². The van der Waals surface area contributed by atoms with Crippen molar-refractivity contribution in [2.75, 3.05) is 5.32 Å². The zero-order valence-corrected chi connectivity index (χ0v) is 10.4. The van der Waals surface area contributed by atoms with Crippen LogP contribution in [0.3, 0.4) is 0 Å². The number of amides is 1. The van der Waals surface area contributed by atoms with Crippen molar-refractivity contribution in [3.8, 4) is 0 Å². The molecule has 98 valence electrons. The number of hydrogen-bond donors (Lipinski definition) is 1. The standard InChI is InChI=1S/C14H12F2N2O/c1-10-5-2-3-8-18(10)9-13(19)17-14-11(15)6-4-7-12(14)16/h2-8H,9H2,1H3/p+1. The number of carbonyl (C=O) groups excluding carboxylic acids is 1. The zero-order chi connectivity index (χ0) is 13.8. The molecule has 2 aromatic rings. The van der Waals surface area contributed by atoms with E-state index in [-0.39, 0.29) is 6.54 Å². The Labute approximate surface area is 109 Å². The minimum atomic E-state index is -0.789. The van der Waals surface area contributed by atoms with Gasteiger partial charge in [0, 0.05) is 19.1 Å². The van der Waals surface area contributed by atoms with Gasteiger partial charge in [0.1, 0.15) is 17.3 Å². The van der Waals surface area contributed by atoms with E-state index in [2.05, 4.69) is 5.32 Å². The minimum absolute atomic E-state index is 0.000444. The second-order valence-electron chi connectivity index (χ2n) is 4.11. The first-order chi connectivity index (χ1) is 9.08. The van der Waals surface area contributed by atoms with Gasteiger partial charge in [-0.1, -0.05) is 12.1 Å². The van der Waals surface area contributed by atoms with Crippen LogP contribution in [0.2, 0.25) is 0 Å². The van der Waals surface area contributed by atoms with Crippen molar-refractivity contribution in [1.82, 2.24) is 0 Å². The molecule has 1 aromatic heterocycles. The summed E-state index contributed by atoms with van der Waals surface area (Å²) in [6.45, 7) is 1.84. The Kier molecular flexibility index (Phi) is 3.85. The fraction of sp³-hybridized carbons (Fsp3) is 0.143. The number of hydrogen-bond acceptors (Lipinski definition) is 1. The van der Waals surface area contributed by atoms with Gasteiger partial charge in [0.15, 0.2) is 11.9 Å². The first-order valence-corrected chi connectivity index (χ1v) is 5.77. The van der Waals surface area contributed by atoms with Crippen LogP contribution in [0, 0.1) is 18.6 Å². The summed E-state index contributed by atoms with van der Waals surface area (Å²) < 4.78 is 28.4. The second-order valence-corrected chi connectivity index (χ2v) is 4.11. The number of aryl methyl sites for hydroxylation is 1. The van der Waals surface area contributed by atoms with Crippen LogP contribution in [-0.4, -0.2) is 5.91 Å². The van der Waals surface area contributed by atoms with Crippen molar-refractivity contribution < 1.29 is 18.1 Å². The van der Waals surface area contributed by atoms with Gasteiger partial charge in [-0.15, -0.1) is 0 Å². The maximum atomic E-state index is 13.4. The fourth-order valence-corrected chi connectivity index (χ4v) is 1.69. The Hall–Kier alpha value is -2.30. The maximum Gasteiger partial charge on any atom is 0.290 e. The summed E-state index contributed by atoms with van der Waals surface area (Å²) >= 11 is 0. The lowest BCUT2D eigenvalue weighted by Gasteiger charge is -2.06. The summed E-state index contributed by atoms with van der Waals surface area (Å²) in [6, 6.07) is 8.91. The van der Waals surface area contributed by atoms with Crippen LogP contribution in [-0.2, 0) is 11.3 Å². The van der Waals surface area contributed by atoms with Gasteiger partial charge in [0.25, 0.3) is 5.91 Å². The van der Waals surface area contributed by atoms with E-state index in [0.29, 0.717) is 0 Å². The predicted octanol–water partition coefficient (Wildman–Crippen LogP) is 2.20. The number of nitrogens with one attached hydrogen (secondary N) is 1. The van der Waals surface area contributed by atoms with E-state index >= 15 is 0 Å². The molecule has 1 amide bonds. The number of nitrogens with zero attached hydrogens (tertiary/aromatic N) is 1. The third-order valence-corrected chi connectivity index (χ3v) is 2.71. The molecule has 0 saturated heterocycles. The average Bonchev–Trinajstić information content (AvgIpc) is 2.37. The number of benzene rings is 1. The van der Waals surface area contributed by atoms with Gasteiger partial charge in [-0.3, -0.25) is 4.79 Å². The number of aromatic nitrogens is 1. The monoisotopic (exact) mass is 263 g/mol. The molecule has 0 aliphatic rings. The summed E-state index contributed by atoms with van der Waals surface area (Å²) in [4.78, 5) is 11.8. The highest BCUT2D eigenvalue weighted by molar-refractivity contribution is 5.89. The van der Waals surface area contributed by atoms with Crippen molar-refractivity contribution in [2.24, 2.45) is 0 Å². The third kappa shape index (κ3) is 3.13. The lowest BCUT2D eigenvalue weighted by atomic mass is 10.3. The first kappa shape index (κ1) is 13.1. The van der Waals surface area contributed by atoms with E-state index in [4.69, 9.17) is 0 Å². The Balaban J connectivity index is 2.12. The summed E-state index contributed by atoms with van der Waals surface area (Å²) in [7, 11) is 0. The SMILES string of the molecule is Cc1cccc[n+]1CC(=O)Nc1c(F)cccc1F. The van der Waals surface area contributed by atoms with Gasteiger partial charge < -0.3 is 5.32 Å². The molecule has 0 radical (unpaired) electrons. The van der Waals surface area contributed by atoms with Crippen LogP contribution in [0.15, 0.2) is 42.6 Å². The van der Waals surface area contributed by atoms with Crippen LogP contribution >= 0.6 is 0 Å². The molecule has 19 heavy (non-hydrogen) atoms. The minimum Gasteiger partial charge on any atom is -0.316 e. The summed E-state index contributed by atoms with van der Waals surface area (Å²) in [5.41, 5.74) is 0.466. The number of halogens is 2. The molecule has 5 heteroatoms. The van der Waals surface area contributed by atoms with Crippen molar-refractivity contribution >= 4 is 11.6 Å². The maximum absolute atomic E-state index is 13.4. The van der Waals surface area contributed by atoms with Gasteiger partial charge in [-0.2, -0.15) is 4.57 Å². The van der Waals surface area contributed by atoms with E-state index < -0.39 is 23.2 Å².